The molecule has 70 valence electrons. The summed E-state index contributed by atoms with van der Waals surface area (Å²) in [6, 6.07) is 1.42. The lowest BCUT2D eigenvalue weighted by molar-refractivity contribution is -0.269. The van der Waals surface area contributed by atoms with Crippen molar-refractivity contribution in [2.24, 2.45) is 0 Å². The van der Waals surface area contributed by atoms with Gasteiger partial charge in [0, 0.05) is 0 Å². The normalized spacial score (nSPS) is 10.1. The van der Waals surface area contributed by atoms with Gasteiger partial charge in [0.25, 0.3) is 0 Å². The number of hydrogen-bond acceptors (Lipinski definition) is 2. The summed E-state index contributed by atoms with van der Waals surface area (Å²) < 4.78 is 0. The third kappa shape index (κ3) is 1.49. The minimum atomic E-state index is -1.16. The van der Waals surface area contributed by atoms with Gasteiger partial charge in [0.15, 0.2) is 0 Å². The minimum absolute atomic E-state index is 0.138. The number of benzene rings is 1. The zero-order valence-corrected chi connectivity index (χ0v) is 7.84. The van der Waals surface area contributed by atoms with E-state index in [4.69, 9.17) is 5.11 Å². The fourth-order valence-electron chi connectivity index (χ4n) is 1.22. The summed E-state index contributed by atoms with van der Waals surface area (Å²) in [6.07, 6.45) is 0. The Labute approximate surface area is 76.6 Å². The Morgan fingerprint density at radius 3 is 2.31 bits per heavy atom. The summed E-state index contributed by atoms with van der Waals surface area (Å²) in [5.74, 6) is -1.54. The molecule has 3 heteroatoms. The maximum absolute atomic E-state index is 11.4. The number of rotatable bonds is 1. The number of carboxylic acid groups (broad SMARTS) is 1. The topological polar surface area (TPSA) is 60.4 Å². The highest BCUT2D eigenvalue weighted by Crippen LogP contribution is 2.25. The van der Waals surface area contributed by atoms with E-state index in [0.717, 1.165) is 11.1 Å². The predicted molar refractivity (Wildman–Crippen MR) is 47.1 cm³/mol. The van der Waals surface area contributed by atoms with Gasteiger partial charge in [-0.15, -0.1) is 0 Å². The quantitative estimate of drug-likeness (QED) is 0.708. The molecule has 1 aromatic rings. The zero-order valence-electron chi connectivity index (χ0n) is 7.84. The molecule has 0 aliphatic heterocycles. The van der Waals surface area contributed by atoms with Crippen LogP contribution >= 0.6 is 0 Å². The molecule has 0 heterocycles. The molecule has 0 aliphatic rings. The molecule has 0 aromatic heterocycles. The average molecular weight is 179 g/mol. The number of carboxylic acids is 1. The second kappa shape index (κ2) is 3.09. The van der Waals surface area contributed by atoms with Gasteiger partial charge in [0.1, 0.15) is 0 Å². The second-order valence-electron chi connectivity index (χ2n) is 3.13. The van der Waals surface area contributed by atoms with Crippen molar-refractivity contribution in [1.29, 1.82) is 0 Å². The Morgan fingerprint density at radius 2 is 1.85 bits per heavy atom. The first-order valence-corrected chi connectivity index (χ1v) is 3.96. The molecule has 0 fully saturated rings. The van der Waals surface area contributed by atoms with E-state index in [0.29, 0.717) is 5.56 Å². The van der Waals surface area contributed by atoms with Crippen molar-refractivity contribution >= 4 is 5.97 Å². The van der Waals surface area contributed by atoms with Crippen LogP contribution in [0.1, 0.15) is 27.0 Å². The van der Waals surface area contributed by atoms with Crippen molar-refractivity contribution in [2.75, 3.05) is 0 Å². The van der Waals surface area contributed by atoms with Gasteiger partial charge in [-0.3, -0.25) is 0 Å². The largest absolute Gasteiger partial charge is 0.872 e. The van der Waals surface area contributed by atoms with Crippen molar-refractivity contribution in [2.45, 2.75) is 20.8 Å². The molecule has 0 saturated carbocycles. The predicted octanol–water partition coefficient (Wildman–Crippen LogP) is 1.38. The Morgan fingerprint density at radius 1 is 1.31 bits per heavy atom. The third-order valence-corrected chi connectivity index (χ3v) is 2.33. The van der Waals surface area contributed by atoms with Crippen molar-refractivity contribution in [3.05, 3.63) is 28.3 Å². The number of carbonyl (C=O) groups is 1. The van der Waals surface area contributed by atoms with Crippen LogP contribution in [-0.2, 0) is 0 Å². The van der Waals surface area contributed by atoms with Gasteiger partial charge in [-0.1, -0.05) is 11.3 Å². The van der Waals surface area contributed by atoms with E-state index in [1.165, 1.54) is 6.07 Å². The van der Waals surface area contributed by atoms with Gasteiger partial charge in [-0.2, -0.15) is 0 Å². The molecule has 0 unspecified atom stereocenters. The lowest BCUT2D eigenvalue weighted by Gasteiger charge is -2.17. The van der Waals surface area contributed by atoms with Gasteiger partial charge in [0.05, 0.1) is 5.56 Å². The van der Waals surface area contributed by atoms with Crippen molar-refractivity contribution in [3.63, 3.8) is 0 Å². The van der Waals surface area contributed by atoms with E-state index in [-0.39, 0.29) is 11.3 Å². The fraction of sp³-hybridized carbons (Fsp3) is 0.300. The van der Waals surface area contributed by atoms with Crippen LogP contribution in [0.25, 0.3) is 0 Å². The zero-order chi connectivity index (χ0) is 10.2. The van der Waals surface area contributed by atoms with E-state index in [1.807, 2.05) is 6.92 Å². The summed E-state index contributed by atoms with van der Waals surface area (Å²) >= 11 is 0. The van der Waals surface area contributed by atoms with Crippen LogP contribution in [0.5, 0.6) is 5.75 Å². The maximum atomic E-state index is 11.4. The second-order valence-corrected chi connectivity index (χ2v) is 3.13. The van der Waals surface area contributed by atoms with Crippen molar-refractivity contribution in [3.8, 4) is 5.75 Å². The average Bonchev–Trinajstić information content (AvgIpc) is 2.07. The van der Waals surface area contributed by atoms with Crippen LogP contribution < -0.4 is 5.11 Å². The molecule has 1 aromatic carbocycles. The summed E-state index contributed by atoms with van der Waals surface area (Å²) in [5, 5.41) is 20.1. The molecular formula is C10H11O3-. The van der Waals surface area contributed by atoms with Gasteiger partial charge in [-0.05, 0) is 38.0 Å². The molecule has 1 N–H and O–H groups in total. The van der Waals surface area contributed by atoms with Gasteiger partial charge in [0.2, 0.25) is 0 Å². The first-order chi connectivity index (χ1) is 5.95. The lowest BCUT2D eigenvalue weighted by Crippen LogP contribution is -2.07. The van der Waals surface area contributed by atoms with Crippen LogP contribution in [-0.4, -0.2) is 11.1 Å². The Bertz CT molecular complexity index is 367. The van der Waals surface area contributed by atoms with Crippen LogP contribution in [0.4, 0.5) is 0 Å². The first-order valence-electron chi connectivity index (χ1n) is 3.96. The van der Waals surface area contributed by atoms with Crippen molar-refractivity contribution < 1.29 is 15.0 Å². The minimum Gasteiger partial charge on any atom is -0.872 e. The summed E-state index contributed by atoms with van der Waals surface area (Å²) in [6.45, 7) is 5.27. The van der Waals surface area contributed by atoms with Crippen LogP contribution in [0.3, 0.4) is 0 Å². The van der Waals surface area contributed by atoms with E-state index in [1.54, 1.807) is 13.8 Å². The summed E-state index contributed by atoms with van der Waals surface area (Å²) in [4.78, 5) is 10.6. The van der Waals surface area contributed by atoms with E-state index >= 15 is 0 Å². The van der Waals surface area contributed by atoms with Gasteiger partial charge in [-0.25, -0.2) is 4.79 Å². The molecule has 0 radical (unpaired) electrons. The number of hydrogen-bond donors (Lipinski definition) is 1. The van der Waals surface area contributed by atoms with Crippen LogP contribution in [0, 0.1) is 20.8 Å². The molecule has 13 heavy (non-hydrogen) atoms. The Hall–Kier alpha value is -1.51. The number of aryl methyl sites for hydroxylation is 1. The Balaban J connectivity index is 3.50. The van der Waals surface area contributed by atoms with Crippen molar-refractivity contribution in [1.82, 2.24) is 0 Å². The first kappa shape index (κ1) is 9.58. The van der Waals surface area contributed by atoms with Gasteiger partial charge >= 0.3 is 5.97 Å². The molecular weight excluding hydrogens is 168 g/mol. The molecule has 0 amide bonds. The maximum Gasteiger partial charge on any atom is 0.335 e. The highest BCUT2D eigenvalue weighted by atomic mass is 16.4. The lowest BCUT2D eigenvalue weighted by atomic mass is 9.99. The standard InChI is InChI=1S/C10H12O3/c1-5-4-8(10(12)13)9(11)7(3)6(5)2/h4,11H,1-3H3,(H,12,13)/p-1. The van der Waals surface area contributed by atoms with E-state index in [2.05, 4.69) is 0 Å². The SMILES string of the molecule is Cc1cc(C(=O)O)c([O-])c(C)c1C. The molecule has 0 saturated heterocycles. The third-order valence-electron chi connectivity index (χ3n) is 2.33. The fourth-order valence-corrected chi connectivity index (χ4v) is 1.22. The van der Waals surface area contributed by atoms with Crippen LogP contribution in [0.2, 0.25) is 0 Å². The summed E-state index contributed by atoms with van der Waals surface area (Å²) in [7, 11) is 0. The molecule has 0 spiro atoms. The highest BCUT2D eigenvalue weighted by molar-refractivity contribution is 5.91. The molecule has 1 rings (SSSR count). The van der Waals surface area contributed by atoms with E-state index in [9.17, 15) is 9.90 Å². The molecule has 0 aliphatic carbocycles. The summed E-state index contributed by atoms with van der Waals surface area (Å²) in [5.41, 5.74) is 2.10. The van der Waals surface area contributed by atoms with Crippen LogP contribution in [0.15, 0.2) is 6.07 Å². The number of aromatic carboxylic acids is 1. The van der Waals surface area contributed by atoms with E-state index < -0.39 is 5.97 Å². The van der Waals surface area contributed by atoms with Gasteiger partial charge < -0.3 is 10.2 Å². The molecule has 3 nitrogen and oxygen atoms in total. The monoisotopic (exact) mass is 179 g/mol. The smallest absolute Gasteiger partial charge is 0.335 e. The Kier molecular flexibility index (Phi) is 2.28. The molecule has 0 atom stereocenters. The molecule has 0 bridgehead atoms. The highest BCUT2D eigenvalue weighted by Gasteiger charge is 2.08.